The van der Waals surface area contributed by atoms with Gasteiger partial charge in [-0.1, -0.05) is 13.3 Å². The SMILES string of the molecule is CCCC1CCN(CCC(NC2CC2)C(=O)O)C1. The highest BCUT2D eigenvalue weighted by Gasteiger charge is 2.29. The highest BCUT2D eigenvalue weighted by molar-refractivity contribution is 5.73. The molecule has 1 aliphatic heterocycles. The van der Waals surface area contributed by atoms with Gasteiger partial charge >= 0.3 is 5.97 Å². The molecule has 1 heterocycles. The van der Waals surface area contributed by atoms with Crippen molar-refractivity contribution in [1.82, 2.24) is 10.2 Å². The second-order valence-electron chi connectivity index (χ2n) is 5.86. The van der Waals surface area contributed by atoms with Crippen LogP contribution in [0.5, 0.6) is 0 Å². The Balaban J connectivity index is 1.67. The summed E-state index contributed by atoms with van der Waals surface area (Å²) in [6, 6.07) is 0.125. The van der Waals surface area contributed by atoms with Gasteiger partial charge in [0.05, 0.1) is 0 Å². The molecule has 18 heavy (non-hydrogen) atoms. The highest BCUT2D eigenvalue weighted by Crippen LogP contribution is 2.22. The van der Waals surface area contributed by atoms with Crippen molar-refractivity contribution in [3.63, 3.8) is 0 Å². The van der Waals surface area contributed by atoms with Crippen LogP contribution in [0.15, 0.2) is 0 Å². The van der Waals surface area contributed by atoms with E-state index in [1.165, 1.54) is 25.8 Å². The first-order valence-electron chi connectivity index (χ1n) is 7.40. The number of nitrogens with zero attached hydrogens (tertiary/aromatic N) is 1. The molecule has 2 fully saturated rings. The van der Waals surface area contributed by atoms with Gasteiger partial charge in [0.2, 0.25) is 0 Å². The molecule has 2 aliphatic rings. The zero-order chi connectivity index (χ0) is 13.0. The summed E-state index contributed by atoms with van der Waals surface area (Å²) in [5.74, 6) is 0.154. The zero-order valence-corrected chi connectivity index (χ0v) is 11.4. The molecule has 4 heteroatoms. The molecule has 2 N–H and O–H groups in total. The number of rotatable bonds is 8. The summed E-state index contributed by atoms with van der Waals surface area (Å²) in [7, 11) is 0. The van der Waals surface area contributed by atoms with Crippen molar-refractivity contribution in [3.8, 4) is 0 Å². The largest absolute Gasteiger partial charge is 0.480 e. The second kappa shape index (κ2) is 6.53. The molecule has 0 spiro atoms. The van der Waals surface area contributed by atoms with Gasteiger partial charge in [-0.2, -0.15) is 0 Å². The number of carboxylic acid groups (broad SMARTS) is 1. The Labute approximate surface area is 110 Å². The quantitative estimate of drug-likeness (QED) is 0.692. The van der Waals surface area contributed by atoms with Crippen molar-refractivity contribution in [2.45, 2.75) is 57.5 Å². The Bertz CT molecular complexity index is 279. The lowest BCUT2D eigenvalue weighted by Crippen LogP contribution is -2.40. The normalized spacial score (nSPS) is 26.4. The molecule has 0 aromatic heterocycles. The van der Waals surface area contributed by atoms with Gasteiger partial charge in [0.25, 0.3) is 0 Å². The van der Waals surface area contributed by atoms with Gasteiger partial charge in [-0.25, -0.2) is 0 Å². The van der Waals surface area contributed by atoms with E-state index in [-0.39, 0.29) is 6.04 Å². The molecular weight excluding hydrogens is 228 g/mol. The van der Waals surface area contributed by atoms with Gasteiger partial charge < -0.3 is 15.3 Å². The first-order chi connectivity index (χ1) is 8.69. The van der Waals surface area contributed by atoms with Crippen molar-refractivity contribution in [2.24, 2.45) is 5.92 Å². The van der Waals surface area contributed by atoms with Crippen molar-refractivity contribution >= 4 is 5.97 Å². The molecule has 0 aromatic carbocycles. The van der Waals surface area contributed by atoms with Gasteiger partial charge in [-0.3, -0.25) is 4.79 Å². The molecular formula is C14H26N2O2. The van der Waals surface area contributed by atoms with E-state index >= 15 is 0 Å². The van der Waals surface area contributed by atoms with Gasteiger partial charge in [0, 0.05) is 19.1 Å². The monoisotopic (exact) mass is 254 g/mol. The van der Waals surface area contributed by atoms with Crippen LogP contribution in [0.1, 0.15) is 45.4 Å². The van der Waals surface area contributed by atoms with Crippen LogP contribution in [0.2, 0.25) is 0 Å². The maximum atomic E-state index is 11.2. The fourth-order valence-corrected chi connectivity index (χ4v) is 2.88. The van der Waals surface area contributed by atoms with E-state index < -0.39 is 5.97 Å². The first kappa shape index (κ1) is 13.8. The van der Waals surface area contributed by atoms with Gasteiger partial charge in [-0.15, -0.1) is 0 Å². The predicted octanol–water partition coefficient (Wildman–Crippen LogP) is 1.70. The summed E-state index contributed by atoms with van der Waals surface area (Å²) in [5.41, 5.74) is 0. The molecule has 0 bridgehead atoms. The van der Waals surface area contributed by atoms with E-state index in [9.17, 15) is 9.90 Å². The maximum absolute atomic E-state index is 11.2. The van der Waals surface area contributed by atoms with Crippen molar-refractivity contribution in [3.05, 3.63) is 0 Å². The highest BCUT2D eigenvalue weighted by atomic mass is 16.4. The first-order valence-corrected chi connectivity index (χ1v) is 7.40. The summed E-state index contributed by atoms with van der Waals surface area (Å²) in [5, 5.41) is 12.4. The van der Waals surface area contributed by atoms with Crippen LogP contribution in [-0.2, 0) is 4.79 Å². The lowest BCUT2D eigenvalue weighted by atomic mass is 10.0. The molecule has 2 atom stereocenters. The Hall–Kier alpha value is -0.610. The molecule has 0 amide bonds. The number of nitrogens with one attached hydrogen (secondary N) is 1. The molecule has 0 radical (unpaired) electrons. The van der Waals surface area contributed by atoms with Gasteiger partial charge in [0.1, 0.15) is 6.04 Å². The Morgan fingerprint density at radius 3 is 2.83 bits per heavy atom. The lowest BCUT2D eigenvalue weighted by molar-refractivity contribution is -0.139. The molecule has 1 saturated carbocycles. The molecule has 2 rings (SSSR count). The fraction of sp³-hybridized carbons (Fsp3) is 0.929. The average Bonchev–Trinajstić information content (AvgIpc) is 3.04. The van der Waals surface area contributed by atoms with Crippen molar-refractivity contribution < 1.29 is 9.90 Å². The van der Waals surface area contributed by atoms with Gasteiger partial charge in [-0.05, 0) is 44.6 Å². The summed E-state index contributed by atoms with van der Waals surface area (Å²) in [6.45, 7) is 5.49. The van der Waals surface area contributed by atoms with E-state index in [4.69, 9.17) is 0 Å². The molecule has 2 unspecified atom stereocenters. The van der Waals surface area contributed by atoms with E-state index in [1.54, 1.807) is 0 Å². The van der Waals surface area contributed by atoms with Crippen LogP contribution in [0, 0.1) is 5.92 Å². The smallest absolute Gasteiger partial charge is 0.320 e. The molecule has 1 aliphatic carbocycles. The van der Waals surface area contributed by atoms with E-state index in [1.807, 2.05) is 0 Å². The number of hydrogen-bond donors (Lipinski definition) is 2. The van der Waals surface area contributed by atoms with Crippen LogP contribution >= 0.6 is 0 Å². The number of aliphatic carboxylic acids is 1. The minimum atomic E-state index is -0.689. The van der Waals surface area contributed by atoms with E-state index in [2.05, 4.69) is 17.1 Å². The molecule has 1 saturated heterocycles. The van der Waals surface area contributed by atoms with Crippen LogP contribution < -0.4 is 5.32 Å². The topological polar surface area (TPSA) is 52.6 Å². The Morgan fingerprint density at radius 1 is 1.44 bits per heavy atom. The van der Waals surface area contributed by atoms with Crippen LogP contribution in [0.3, 0.4) is 0 Å². The maximum Gasteiger partial charge on any atom is 0.320 e. The number of likely N-dealkylation sites (tertiary alicyclic amines) is 1. The predicted molar refractivity (Wildman–Crippen MR) is 71.7 cm³/mol. The van der Waals surface area contributed by atoms with Crippen LogP contribution in [0.4, 0.5) is 0 Å². The number of carbonyl (C=O) groups is 1. The standard InChI is InChI=1S/C14H26N2O2/c1-2-3-11-6-8-16(10-11)9-7-13(14(17)18)15-12-4-5-12/h11-13,15H,2-10H2,1H3,(H,17,18). The third kappa shape index (κ3) is 4.25. The van der Waals surface area contributed by atoms with Crippen LogP contribution in [0.25, 0.3) is 0 Å². The van der Waals surface area contributed by atoms with Crippen molar-refractivity contribution in [2.75, 3.05) is 19.6 Å². The summed E-state index contributed by atoms with van der Waals surface area (Å²) in [4.78, 5) is 13.6. The molecule has 4 nitrogen and oxygen atoms in total. The Morgan fingerprint density at radius 2 is 2.22 bits per heavy atom. The van der Waals surface area contributed by atoms with E-state index in [0.29, 0.717) is 6.04 Å². The number of hydrogen-bond acceptors (Lipinski definition) is 3. The summed E-state index contributed by atoms with van der Waals surface area (Å²) >= 11 is 0. The average molecular weight is 254 g/mol. The lowest BCUT2D eigenvalue weighted by Gasteiger charge is -2.19. The Kier molecular flexibility index (Phi) is 5.01. The second-order valence-corrected chi connectivity index (χ2v) is 5.86. The molecule has 104 valence electrons. The molecule has 0 aromatic rings. The fourth-order valence-electron chi connectivity index (χ4n) is 2.88. The third-order valence-electron chi connectivity index (χ3n) is 4.11. The van der Waals surface area contributed by atoms with Gasteiger partial charge in [0.15, 0.2) is 0 Å². The number of carboxylic acids is 1. The summed E-state index contributed by atoms with van der Waals surface area (Å²) < 4.78 is 0. The van der Waals surface area contributed by atoms with Crippen LogP contribution in [-0.4, -0.2) is 47.7 Å². The minimum Gasteiger partial charge on any atom is -0.480 e. The zero-order valence-electron chi connectivity index (χ0n) is 11.4. The third-order valence-corrected chi connectivity index (χ3v) is 4.11. The van der Waals surface area contributed by atoms with Crippen molar-refractivity contribution in [1.29, 1.82) is 0 Å². The minimum absolute atomic E-state index is 0.345. The summed E-state index contributed by atoms with van der Waals surface area (Å²) in [6.07, 6.45) is 6.91. The van der Waals surface area contributed by atoms with E-state index in [0.717, 1.165) is 38.3 Å².